The van der Waals surface area contributed by atoms with Crippen molar-refractivity contribution in [3.8, 4) is 0 Å². The average molecular weight is 338 g/mol. The van der Waals surface area contributed by atoms with Gasteiger partial charge in [-0.15, -0.1) is 0 Å². The number of rotatable bonds is 5. The van der Waals surface area contributed by atoms with Gasteiger partial charge in [0.1, 0.15) is 0 Å². The van der Waals surface area contributed by atoms with E-state index in [2.05, 4.69) is 26.0 Å². The topological polar surface area (TPSA) is 37.3 Å². The first kappa shape index (κ1) is 19.2. The fourth-order valence-electron chi connectivity index (χ4n) is 3.94. The van der Waals surface area contributed by atoms with E-state index in [1.807, 2.05) is 44.2 Å². The second-order valence-corrected chi connectivity index (χ2v) is 7.40. The van der Waals surface area contributed by atoms with Gasteiger partial charge in [0.05, 0.1) is 5.57 Å². The third-order valence-corrected chi connectivity index (χ3v) is 5.39. The fourth-order valence-corrected chi connectivity index (χ4v) is 3.94. The van der Waals surface area contributed by atoms with Crippen molar-refractivity contribution in [1.82, 2.24) is 0 Å². The monoisotopic (exact) mass is 338 g/mol. The first-order valence-electron chi connectivity index (χ1n) is 9.24. The van der Waals surface area contributed by atoms with Crippen molar-refractivity contribution in [2.24, 2.45) is 0 Å². The zero-order chi connectivity index (χ0) is 18.4. The maximum absolute atomic E-state index is 11.9. The zero-order valence-corrected chi connectivity index (χ0v) is 15.9. The zero-order valence-electron chi connectivity index (χ0n) is 15.9. The summed E-state index contributed by atoms with van der Waals surface area (Å²) < 4.78 is 0. The number of carboxylic acids is 1. The van der Waals surface area contributed by atoms with Crippen LogP contribution in [-0.2, 0) is 10.2 Å². The highest BCUT2D eigenvalue weighted by Gasteiger charge is 2.30. The third-order valence-electron chi connectivity index (χ3n) is 5.39. The molecule has 1 aliphatic carbocycles. The van der Waals surface area contributed by atoms with Crippen molar-refractivity contribution in [2.45, 2.75) is 65.2 Å². The number of allylic oxidation sites excluding steroid dienone is 5. The van der Waals surface area contributed by atoms with Crippen molar-refractivity contribution < 1.29 is 9.90 Å². The highest BCUT2D eigenvalue weighted by Crippen LogP contribution is 2.41. The molecule has 1 aromatic rings. The number of carbonyl (C=O) groups is 1. The molecule has 0 aliphatic heterocycles. The van der Waals surface area contributed by atoms with Gasteiger partial charge < -0.3 is 5.11 Å². The molecule has 1 saturated carbocycles. The number of aryl methyl sites for hydroxylation is 1. The van der Waals surface area contributed by atoms with Crippen LogP contribution in [0.2, 0.25) is 0 Å². The molecular weight excluding hydrogens is 308 g/mol. The lowest BCUT2D eigenvalue weighted by molar-refractivity contribution is -0.130. The standard InChI is InChI=1S/C23H30O2/c1-5-6-8-11-18(3)21(22(24)25)19-13-12-17(2)20(16-19)23(4)14-9-7-10-15-23/h5-6,8,11-13,16H,7,9-10,14-15H2,1-4H3,(H,24,25). The van der Waals surface area contributed by atoms with Gasteiger partial charge >= 0.3 is 5.97 Å². The van der Waals surface area contributed by atoms with Gasteiger partial charge in [-0.3, -0.25) is 0 Å². The van der Waals surface area contributed by atoms with Crippen LogP contribution in [0.3, 0.4) is 0 Å². The SMILES string of the molecule is CC=CC=CC(C)=C(C(=O)O)c1ccc(C)c(C2(C)CCCCC2)c1. The molecule has 1 aliphatic rings. The summed E-state index contributed by atoms with van der Waals surface area (Å²) in [6.07, 6.45) is 13.8. The maximum atomic E-state index is 11.9. The van der Waals surface area contributed by atoms with Gasteiger partial charge in [-0.25, -0.2) is 4.79 Å². The summed E-state index contributed by atoms with van der Waals surface area (Å²) in [4.78, 5) is 11.9. The summed E-state index contributed by atoms with van der Waals surface area (Å²) in [7, 11) is 0. The largest absolute Gasteiger partial charge is 0.478 e. The predicted octanol–water partition coefficient (Wildman–Crippen LogP) is 6.21. The van der Waals surface area contributed by atoms with E-state index in [4.69, 9.17) is 0 Å². The maximum Gasteiger partial charge on any atom is 0.336 e. The van der Waals surface area contributed by atoms with E-state index in [1.54, 1.807) is 0 Å². The molecule has 134 valence electrons. The van der Waals surface area contributed by atoms with Gasteiger partial charge in [0, 0.05) is 0 Å². The number of benzene rings is 1. The molecule has 25 heavy (non-hydrogen) atoms. The Morgan fingerprint density at radius 1 is 1.16 bits per heavy atom. The van der Waals surface area contributed by atoms with Gasteiger partial charge in [0.2, 0.25) is 0 Å². The van der Waals surface area contributed by atoms with Crippen LogP contribution < -0.4 is 0 Å². The highest BCUT2D eigenvalue weighted by molar-refractivity contribution is 6.17. The molecule has 0 aromatic heterocycles. The lowest BCUT2D eigenvalue weighted by atomic mass is 9.69. The Morgan fingerprint density at radius 3 is 2.44 bits per heavy atom. The highest BCUT2D eigenvalue weighted by atomic mass is 16.4. The molecule has 1 aromatic carbocycles. The van der Waals surface area contributed by atoms with Crippen LogP contribution in [0.4, 0.5) is 0 Å². The summed E-state index contributed by atoms with van der Waals surface area (Å²) in [6, 6.07) is 6.15. The number of aliphatic carboxylic acids is 1. The van der Waals surface area contributed by atoms with Crippen LogP contribution >= 0.6 is 0 Å². The van der Waals surface area contributed by atoms with E-state index in [1.165, 1.54) is 43.2 Å². The molecule has 0 atom stereocenters. The Balaban J connectivity index is 2.52. The van der Waals surface area contributed by atoms with Crippen molar-refractivity contribution in [1.29, 1.82) is 0 Å². The second kappa shape index (κ2) is 8.33. The summed E-state index contributed by atoms with van der Waals surface area (Å²) in [5, 5.41) is 9.78. The number of hydrogen-bond donors (Lipinski definition) is 1. The first-order chi connectivity index (χ1) is 11.9. The normalized spacial score (nSPS) is 18.6. The molecule has 0 radical (unpaired) electrons. The van der Waals surface area contributed by atoms with E-state index < -0.39 is 5.97 Å². The molecular formula is C23H30O2. The van der Waals surface area contributed by atoms with E-state index in [9.17, 15) is 9.90 Å². The number of carboxylic acid groups (broad SMARTS) is 1. The van der Waals surface area contributed by atoms with Crippen LogP contribution in [-0.4, -0.2) is 11.1 Å². The average Bonchev–Trinajstić information content (AvgIpc) is 2.57. The van der Waals surface area contributed by atoms with E-state index in [0.29, 0.717) is 5.57 Å². The van der Waals surface area contributed by atoms with E-state index in [-0.39, 0.29) is 5.41 Å². The minimum atomic E-state index is -0.869. The summed E-state index contributed by atoms with van der Waals surface area (Å²) in [5.41, 5.74) is 4.71. The molecule has 0 spiro atoms. The number of hydrogen-bond acceptors (Lipinski definition) is 1. The minimum absolute atomic E-state index is 0.163. The Kier molecular flexibility index (Phi) is 6.41. The van der Waals surface area contributed by atoms with Gasteiger partial charge in [-0.1, -0.05) is 68.7 Å². The molecule has 0 unspecified atom stereocenters. The summed E-state index contributed by atoms with van der Waals surface area (Å²) >= 11 is 0. The summed E-state index contributed by atoms with van der Waals surface area (Å²) in [5.74, 6) is -0.869. The smallest absolute Gasteiger partial charge is 0.336 e. The van der Waals surface area contributed by atoms with Crippen molar-refractivity contribution in [3.05, 3.63) is 64.8 Å². The van der Waals surface area contributed by atoms with Crippen LogP contribution in [0.15, 0.2) is 48.1 Å². The fraction of sp³-hybridized carbons (Fsp3) is 0.435. The Morgan fingerprint density at radius 2 is 1.84 bits per heavy atom. The van der Waals surface area contributed by atoms with Gasteiger partial charge in [-0.05, 0) is 61.3 Å². The molecule has 0 amide bonds. The van der Waals surface area contributed by atoms with Crippen LogP contribution in [0.25, 0.3) is 5.57 Å². The second-order valence-electron chi connectivity index (χ2n) is 7.40. The molecule has 1 N–H and O–H groups in total. The van der Waals surface area contributed by atoms with Crippen molar-refractivity contribution in [3.63, 3.8) is 0 Å². The summed E-state index contributed by atoms with van der Waals surface area (Å²) in [6.45, 7) is 8.28. The van der Waals surface area contributed by atoms with Gasteiger partial charge in [-0.2, -0.15) is 0 Å². The molecule has 2 heteroatoms. The molecule has 0 saturated heterocycles. The molecule has 0 bridgehead atoms. The van der Waals surface area contributed by atoms with Gasteiger partial charge in [0.15, 0.2) is 0 Å². The molecule has 0 heterocycles. The van der Waals surface area contributed by atoms with Crippen LogP contribution in [0.5, 0.6) is 0 Å². The predicted molar refractivity (Wildman–Crippen MR) is 106 cm³/mol. The molecule has 2 rings (SSSR count). The Labute approximate surface area is 152 Å². The quantitative estimate of drug-likeness (QED) is 0.512. The Hall–Kier alpha value is -2.09. The van der Waals surface area contributed by atoms with Crippen LogP contribution in [0, 0.1) is 6.92 Å². The molecule has 1 fully saturated rings. The first-order valence-corrected chi connectivity index (χ1v) is 9.24. The lowest BCUT2D eigenvalue weighted by Gasteiger charge is -2.35. The lowest BCUT2D eigenvalue weighted by Crippen LogP contribution is -2.26. The third kappa shape index (κ3) is 4.50. The van der Waals surface area contributed by atoms with E-state index >= 15 is 0 Å². The van der Waals surface area contributed by atoms with Gasteiger partial charge in [0.25, 0.3) is 0 Å². The van der Waals surface area contributed by atoms with Crippen molar-refractivity contribution in [2.75, 3.05) is 0 Å². The van der Waals surface area contributed by atoms with Crippen LogP contribution in [0.1, 0.15) is 69.6 Å². The van der Waals surface area contributed by atoms with Crippen molar-refractivity contribution >= 4 is 11.5 Å². The Bertz CT molecular complexity index is 714. The van der Waals surface area contributed by atoms with E-state index in [0.717, 1.165) is 11.1 Å². The minimum Gasteiger partial charge on any atom is -0.478 e. The molecule has 2 nitrogen and oxygen atoms in total.